The van der Waals surface area contributed by atoms with Crippen molar-refractivity contribution >= 4 is 6.29 Å². The summed E-state index contributed by atoms with van der Waals surface area (Å²) in [6.45, 7) is 4.00. The first kappa shape index (κ1) is 8.71. The van der Waals surface area contributed by atoms with E-state index in [1.165, 1.54) is 0 Å². The van der Waals surface area contributed by atoms with Gasteiger partial charge in [-0.25, -0.2) is 0 Å². The van der Waals surface area contributed by atoms with Crippen LogP contribution in [0.3, 0.4) is 0 Å². The Bertz CT molecular complexity index is 339. The van der Waals surface area contributed by atoms with E-state index in [-0.39, 0.29) is 11.1 Å². The lowest BCUT2D eigenvalue weighted by Crippen LogP contribution is -2.12. The van der Waals surface area contributed by atoms with Gasteiger partial charge in [-0.3, -0.25) is 9.59 Å². The molecule has 1 aromatic heterocycles. The number of carbonyl (C=O) groups is 1. The number of carbonyl (C=O) groups excluding carboxylic acids is 1. The maximum atomic E-state index is 10.9. The fraction of sp³-hybridized carbons (Fsp3) is 0.333. The lowest BCUT2D eigenvalue weighted by Gasteiger charge is -2.03. The fourth-order valence-corrected chi connectivity index (χ4v) is 0.940. The Morgan fingerprint density at radius 1 is 1.50 bits per heavy atom. The van der Waals surface area contributed by atoms with Crippen LogP contribution >= 0.6 is 0 Å². The molecule has 0 fully saturated rings. The summed E-state index contributed by atoms with van der Waals surface area (Å²) in [5.41, 5.74) is 0.840. The Balaban J connectivity index is 3.23. The summed E-state index contributed by atoms with van der Waals surface area (Å²) in [4.78, 5) is 23.8. The molecule has 3 heteroatoms. The minimum Gasteiger partial charge on any atom is -0.328 e. The van der Waals surface area contributed by atoms with Crippen molar-refractivity contribution in [1.29, 1.82) is 0 Å². The van der Waals surface area contributed by atoms with E-state index in [2.05, 4.69) is 4.98 Å². The minimum atomic E-state index is -0.325. The number of aromatic amines is 1. The highest BCUT2D eigenvalue weighted by molar-refractivity contribution is 5.74. The van der Waals surface area contributed by atoms with Gasteiger partial charge in [0.1, 0.15) is 0 Å². The van der Waals surface area contributed by atoms with Crippen molar-refractivity contribution in [2.45, 2.75) is 19.8 Å². The molecule has 1 N–H and O–H groups in total. The van der Waals surface area contributed by atoms with Gasteiger partial charge in [0.25, 0.3) is 5.56 Å². The Kier molecular flexibility index (Phi) is 2.43. The first-order valence-corrected chi connectivity index (χ1v) is 3.83. The topological polar surface area (TPSA) is 49.9 Å². The molecular weight excluding hydrogens is 154 g/mol. The zero-order valence-electron chi connectivity index (χ0n) is 7.13. The van der Waals surface area contributed by atoms with Crippen molar-refractivity contribution in [3.63, 3.8) is 0 Å². The maximum absolute atomic E-state index is 10.9. The summed E-state index contributed by atoms with van der Waals surface area (Å²) in [5.74, 6) is 0.320. The highest BCUT2D eigenvalue weighted by Gasteiger charge is 2.02. The number of aromatic nitrogens is 1. The number of aldehydes is 1. The third-order valence-electron chi connectivity index (χ3n) is 1.75. The van der Waals surface area contributed by atoms with Crippen molar-refractivity contribution in [1.82, 2.24) is 4.98 Å². The van der Waals surface area contributed by atoms with E-state index in [0.717, 1.165) is 5.56 Å². The van der Waals surface area contributed by atoms with Crippen molar-refractivity contribution in [2.75, 3.05) is 0 Å². The molecule has 1 heterocycles. The molecule has 0 atom stereocenters. The van der Waals surface area contributed by atoms with Crippen LogP contribution in [-0.4, -0.2) is 11.3 Å². The van der Waals surface area contributed by atoms with Crippen LogP contribution in [0.5, 0.6) is 0 Å². The van der Waals surface area contributed by atoms with E-state index in [0.29, 0.717) is 12.2 Å². The Morgan fingerprint density at radius 3 is 2.67 bits per heavy atom. The SMILES string of the molecule is CC(C)c1c[nH]c(=O)c(C=O)c1. The summed E-state index contributed by atoms with van der Waals surface area (Å²) < 4.78 is 0. The van der Waals surface area contributed by atoms with Crippen molar-refractivity contribution < 1.29 is 4.79 Å². The van der Waals surface area contributed by atoms with Crippen molar-refractivity contribution in [3.05, 3.63) is 33.7 Å². The normalized spacial score (nSPS) is 10.2. The van der Waals surface area contributed by atoms with Crippen LogP contribution < -0.4 is 5.56 Å². The molecular formula is C9H11NO2. The van der Waals surface area contributed by atoms with Gasteiger partial charge in [0.15, 0.2) is 6.29 Å². The van der Waals surface area contributed by atoms with E-state index in [1.54, 1.807) is 12.3 Å². The fourth-order valence-electron chi connectivity index (χ4n) is 0.940. The third kappa shape index (κ3) is 1.61. The smallest absolute Gasteiger partial charge is 0.258 e. The van der Waals surface area contributed by atoms with Crippen LogP contribution in [0, 0.1) is 0 Å². The predicted molar refractivity (Wildman–Crippen MR) is 46.5 cm³/mol. The van der Waals surface area contributed by atoms with Crippen LogP contribution in [0.15, 0.2) is 17.1 Å². The molecule has 0 aliphatic rings. The van der Waals surface area contributed by atoms with E-state index in [4.69, 9.17) is 0 Å². The second-order valence-corrected chi connectivity index (χ2v) is 2.99. The number of hydrogen-bond acceptors (Lipinski definition) is 2. The molecule has 3 nitrogen and oxygen atoms in total. The Morgan fingerprint density at radius 2 is 2.17 bits per heavy atom. The van der Waals surface area contributed by atoms with Crippen LogP contribution in [0.2, 0.25) is 0 Å². The molecule has 1 rings (SSSR count). The highest BCUT2D eigenvalue weighted by atomic mass is 16.1. The Labute approximate surface area is 70.4 Å². The van der Waals surface area contributed by atoms with Crippen molar-refractivity contribution in [2.24, 2.45) is 0 Å². The minimum absolute atomic E-state index is 0.196. The third-order valence-corrected chi connectivity index (χ3v) is 1.75. The van der Waals surface area contributed by atoms with Gasteiger partial charge in [-0.05, 0) is 17.5 Å². The van der Waals surface area contributed by atoms with E-state index >= 15 is 0 Å². The van der Waals surface area contributed by atoms with Gasteiger partial charge in [-0.1, -0.05) is 13.8 Å². The second kappa shape index (κ2) is 3.34. The van der Waals surface area contributed by atoms with E-state index in [9.17, 15) is 9.59 Å². The summed E-state index contributed by atoms with van der Waals surface area (Å²) >= 11 is 0. The molecule has 0 amide bonds. The summed E-state index contributed by atoms with van der Waals surface area (Å²) in [6.07, 6.45) is 2.21. The van der Waals surface area contributed by atoms with Gasteiger partial charge in [-0.2, -0.15) is 0 Å². The highest BCUT2D eigenvalue weighted by Crippen LogP contribution is 2.11. The van der Waals surface area contributed by atoms with Crippen LogP contribution in [0.4, 0.5) is 0 Å². The maximum Gasteiger partial charge on any atom is 0.258 e. The molecule has 0 aromatic carbocycles. The van der Waals surface area contributed by atoms with Crippen molar-refractivity contribution in [3.8, 4) is 0 Å². The molecule has 0 unspecified atom stereocenters. The standard InChI is InChI=1S/C9H11NO2/c1-6(2)7-3-8(5-11)9(12)10-4-7/h3-6H,1-2H3,(H,10,12). The Hall–Kier alpha value is -1.38. The molecule has 64 valence electrons. The quantitative estimate of drug-likeness (QED) is 0.672. The first-order valence-electron chi connectivity index (χ1n) is 3.83. The first-order chi connectivity index (χ1) is 5.65. The summed E-state index contributed by atoms with van der Waals surface area (Å²) in [5, 5.41) is 0. The lowest BCUT2D eigenvalue weighted by atomic mass is 10.0. The van der Waals surface area contributed by atoms with Crippen LogP contribution in [0.25, 0.3) is 0 Å². The molecule has 0 bridgehead atoms. The average Bonchev–Trinajstić information content (AvgIpc) is 2.05. The number of pyridine rings is 1. The molecule has 0 aliphatic heterocycles. The van der Waals surface area contributed by atoms with Gasteiger partial charge in [0, 0.05) is 6.20 Å². The largest absolute Gasteiger partial charge is 0.328 e. The second-order valence-electron chi connectivity index (χ2n) is 2.99. The van der Waals surface area contributed by atoms with E-state index in [1.807, 2.05) is 13.8 Å². The van der Waals surface area contributed by atoms with Gasteiger partial charge >= 0.3 is 0 Å². The average molecular weight is 165 g/mol. The number of rotatable bonds is 2. The molecule has 0 aliphatic carbocycles. The monoisotopic (exact) mass is 165 g/mol. The van der Waals surface area contributed by atoms with Crippen LogP contribution in [-0.2, 0) is 0 Å². The molecule has 0 radical (unpaired) electrons. The molecule has 0 spiro atoms. The predicted octanol–water partition coefficient (Wildman–Crippen LogP) is 1.31. The van der Waals surface area contributed by atoms with Gasteiger partial charge in [-0.15, -0.1) is 0 Å². The molecule has 0 saturated heterocycles. The zero-order chi connectivity index (χ0) is 9.14. The summed E-state index contributed by atoms with van der Waals surface area (Å²) in [6, 6.07) is 1.62. The molecule has 0 saturated carbocycles. The molecule has 1 aromatic rings. The number of hydrogen-bond donors (Lipinski definition) is 1. The summed E-state index contributed by atoms with van der Waals surface area (Å²) in [7, 11) is 0. The molecule has 12 heavy (non-hydrogen) atoms. The van der Waals surface area contributed by atoms with Gasteiger partial charge < -0.3 is 4.98 Å². The zero-order valence-corrected chi connectivity index (χ0v) is 7.13. The van der Waals surface area contributed by atoms with Gasteiger partial charge in [0.05, 0.1) is 5.56 Å². The van der Waals surface area contributed by atoms with E-state index < -0.39 is 0 Å². The van der Waals surface area contributed by atoms with Gasteiger partial charge in [0.2, 0.25) is 0 Å². The lowest BCUT2D eigenvalue weighted by molar-refractivity contribution is 0.112. The number of nitrogens with one attached hydrogen (secondary N) is 1. The number of H-pyrrole nitrogens is 1. The van der Waals surface area contributed by atoms with Crippen LogP contribution in [0.1, 0.15) is 35.7 Å².